The summed E-state index contributed by atoms with van der Waals surface area (Å²) in [6, 6.07) is 15.7. The maximum absolute atomic E-state index is 12.8. The van der Waals surface area contributed by atoms with Gasteiger partial charge in [-0.05, 0) is 30.7 Å². The van der Waals surface area contributed by atoms with Crippen LogP contribution in [0, 0.1) is 6.92 Å². The molecule has 7 heteroatoms. The molecule has 150 valence electrons. The standard InChI is InChI=1S/C22H22ClN3O3/c1-14-24-18(13-22(28)25-14)12-19(15-7-9-17(23)10-8-15)26-21(27)11-16-5-3-4-6-20(16)29-2/h3-10,13,19H,11-12H2,1-2H3,(H,26,27)(H,24,25,28)/t19-/m0/s1. The Kier molecular flexibility index (Phi) is 6.67. The molecule has 0 aliphatic rings. The van der Waals surface area contributed by atoms with Crippen molar-refractivity contribution < 1.29 is 9.53 Å². The van der Waals surface area contributed by atoms with Crippen molar-refractivity contribution in [3.05, 3.63) is 92.6 Å². The first-order chi connectivity index (χ1) is 13.9. The number of methoxy groups -OCH3 is 1. The summed E-state index contributed by atoms with van der Waals surface area (Å²) in [6.45, 7) is 1.72. The van der Waals surface area contributed by atoms with Crippen LogP contribution in [0.5, 0.6) is 5.75 Å². The molecule has 0 aliphatic carbocycles. The molecule has 0 fully saturated rings. The van der Waals surface area contributed by atoms with Gasteiger partial charge in [-0.3, -0.25) is 9.59 Å². The predicted octanol–water partition coefficient (Wildman–Crippen LogP) is 3.38. The van der Waals surface area contributed by atoms with Crippen molar-refractivity contribution in [2.24, 2.45) is 0 Å². The van der Waals surface area contributed by atoms with E-state index < -0.39 is 0 Å². The van der Waals surface area contributed by atoms with E-state index in [0.717, 1.165) is 11.1 Å². The van der Waals surface area contributed by atoms with Gasteiger partial charge in [-0.1, -0.05) is 41.9 Å². The van der Waals surface area contributed by atoms with Crippen molar-refractivity contribution in [2.45, 2.75) is 25.8 Å². The van der Waals surface area contributed by atoms with Crippen LogP contribution in [0.1, 0.15) is 28.7 Å². The van der Waals surface area contributed by atoms with Crippen LogP contribution < -0.4 is 15.6 Å². The SMILES string of the molecule is COc1ccccc1CC(=O)N[C@@H](Cc1cc(=O)[nH]c(C)n1)c1ccc(Cl)cc1. The first-order valence-electron chi connectivity index (χ1n) is 9.18. The maximum Gasteiger partial charge on any atom is 0.251 e. The maximum atomic E-state index is 12.8. The Morgan fingerprint density at radius 3 is 2.62 bits per heavy atom. The van der Waals surface area contributed by atoms with Gasteiger partial charge in [0.05, 0.1) is 25.3 Å². The summed E-state index contributed by atoms with van der Waals surface area (Å²) < 4.78 is 5.33. The number of aromatic amines is 1. The van der Waals surface area contributed by atoms with Crippen molar-refractivity contribution in [3.8, 4) is 5.75 Å². The van der Waals surface area contributed by atoms with E-state index in [-0.39, 0.29) is 23.9 Å². The number of hydrogen-bond acceptors (Lipinski definition) is 4. The zero-order chi connectivity index (χ0) is 20.8. The number of H-pyrrole nitrogens is 1. The topological polar surface area (TPSA) is 84.1 Å². The average Bonchev–Trinajstić information content (AvgIpc) is 2.67. The summed E-state index contributed by atoms with van der Waals surface area (Å²) in [5.74, 6) is 1.04. The second-order valence-electron chi connectivity index (χ2n) is 6.69. The fourth-order valence-electron chi connectivity index (χ4n) is 3.17. The van der Waals surface area contributed by atoms with Crippen LogP contribution in [0.2, 0.25) is 5.02 Å². The number of rotatable bonds is 7. The van der Waals surface area contributed by atoms with Gasteiger partial charge in [-0.15, -0.1) is 0 Å². The Morgan fingerprint density at radius 1 is 1.21 bits per heavy atom. The van der Waals surface area contributed by atoms with Gasteiger partial charge in [0.1, 0.15) is 11.6 Å². The van der Waals surface area contributed by atoms with Gasteiger partial charge < -0.3 is 15.0 Å². The molecule has 3 aromatic rings. The first-order valence-corrected chi connectivity index (χ1v) is 9.56. The van der Waals surface area contributed by atoms with E-state index in [4.69, 9.17) is 16.3 Å². The fraction of sp³-hybridized carbons (Fsp3) is 0.227. The van der Waals surface area contributed by atoms with Gasteiger partial charge in [-0.25, -0.2) is 4.98 Å². The number of ether oxygens (including phenoxy) is 1. The zero-order valence-electron chi connectivity index (χ0n) is 16.2. The molecule has 0 unspecified atom stereocenters. The fourth-order valence-corrected chi connectivity index (χ4v) is 3.30. The number of nitrogens with zero attached hydrogens (tertiary/aromatic N) is 1. The van der Waals surface area contributed by atoms with Gasteiger partial charge >= 0.3 is 0 Å². The highest BCUT2D eigenvalue weighted by atomic mass is 35.5. The molecule has 0 saturated carbocycles. The molecule has 0 radical (unpaired) electrons. The van der Waals surface area contributed by atoms with Gasteiger partial charge in [0.15, 0.2) is 0 Å². The molecule has 1 atom stereocenters. The Bertz CT molecular complexity index is 1050. The summed E-state index contributed by atoms with van der Waals surface area (Å²) in [6.07, 6.45) is 0.556. The Hall–Kier alpha value is -3.12. The minimum atomic E-state index is -0.358. The molecular weight excluding hydrogens is 390 g/mol. The normalized spacial score (nSPS) is 11.7. The molecule has 1 aromatic heterocycles. The molecule has 1 heterocycles. The summed E-state index contributed by atoms with van der Waals surface area (Å²) in [4.78, 5) is 31.6. The van der Waals surface area contributed by atoms with E-state index in [1.165, 1.54) is 6.07 Å². The molecule has 29 heavy (non-hydrogen) atoms. The number of aromatic nitrogens is 2. The number of para-hydroxylation sites is 1. The van der Waals surface area contributed by atoms with Crippen molar-refractivity contribution in [1.29, 1.82) is 0 Å². The van der Waals surface area contributed by atoms with Gasteiger partial charge in [0.25, 0.3) is 5.56 Å². The van der Waals surface area contributed by atoms with Crippen LogP contribution in [-0.4, -0.2) is 23.0 Å². The molecule has 0 bridgehead atoms. The Labute approximate surface area is 173 Å². The third kappa shape index (κ3) is 5.68. The smallest absolute Gasteiger partial charge is 0.251 e. The van der Waals surface area contributed by atoms with E-state index in [2.05, 4.69) is 15.3 Å². The molecule has 1 amide bonds. The van der Waals surface area contributed by atoms with Crippen LogP contribution in [0.15, 0.2) is 59.4 Å². The lowest BCUT2D eigenvalue weighted by molar-refractivity contribution is -0.121. The number of nitrogens with one attached hydrogen (secondary N) is 2. The average molecular weight is 412 g/mol. The molecule has 0 spiro atoms. The highest BCUT2D eigenvalue weighted by Crippen LogP contribution is 2.22. The monoisotopic (exact) mass is 411 g/mol. The number of hydrogen-bond donors (Lipinski definition) is 2. The van der Waals surface area contributed by atoms with Crippen molar-refractivity contribution in [3.63, 3.8) is 0 Å². The molecule has 3 rings (SSSR count). The Balaban J connectivity index is 1.83. The molecule has 0 saturated heterocycles. The first kappa shape index (κ1) is 20.6. The van der Waals surface area contributed by atoms with Gasteiger partial charge in [0.2, 0.25) is 5.91 Å². The number of amides is 1. The molecule has 6 nitrogen and oxygen atoms in total. The minimum absolute atomic E-state index is 0.156. The molecule has 2 aromatic carbocycles. The minimum Gasteiger partial charge on any atom is -0.496 e. The van der Waals surface area contributed by atoms with Crippen LogP contribution in [0.4, 0.5) is 0 Å². The zero-order valence-corrected chi connectivity index (χ0v) is 17.0. The lowest BCUT2D eigenvalue weighted by atomic mass is 10.0. The summed E-state index contributed by atoms with van der Waals surface area (Å²) >= 11 is 6.01. The van der Waals surface area contributed by atoms with Crippen molar-refractivity contribution in [2.75, 3.05) is 7.11 Å². The van der Waals surface area contributed by atoms with E-state index in [9.17, 15) is 9.59 Å². The molecule has 2 N–H and O–H groups in total. The summed E-state index contributed by atoms with van der Waals surface area (Å²) in [5, 5.41) is 3.66. The van der Waals surface area contributed by atoms with Crippen molar-refractivity contribution >= 4 is 17.5 Å². The van der Waals surface area contributed by atoms with E-state index >= 15 is 0 Å². The van der Waals surface area contributed by atoms with Crippen LogP contribution in [-0.2, 0) is 17.6 Å². The second kappa shape index (κ2) is 9.39. The predicted molar refractivity (Wildman–Crippen MR) is 112 cm³/mol. The number of halogens is 1. The van der Waals surface area contributed by atoms with E-state index in [1.807, 2.05) is 36.4 Å². The number of benzene rings is 2. The largest absolute Gasteiger partial charge is 0.496 e. The van der Waals surface area contributed by atoms with Crippen molar-refractivity contribution in [1.82, 2.24) is 15.3 Å². The van der Waals surface area contributed by atoms with Crippen LogP contribution in [0.3, 0.4) is 0 Å². The Morgan fingerprint density at radius 2 is 1.93 bits per heavy atom. The van der Waals surface area contributed by atoms with Crippen LogP contribution in [0.25, 0.3) is 0 Å². The van der Waals surface area contributed by atoms with Gasteiger partial charge in [0, 0.05) is 23.1 Å². The third-order valence-electron chi connectivity index (χ3n) is 4.48. The number of carbonyl (C=O) groups is 1. The van der Waals surface area contributed by atoms with E-state index in [1.54, 1.807) is 26.2 Å². The van der Waals surface area contributed by atoms with E-state index in [0.29, 0.717) is 28.7 Å². The third-order valence-corrected chi connectivity index (χ3v) is 4.73. The highest BCUT2D eigenvalue weighted by Gasteiger charge is 2.18. The summed E-state index contributed by atoms with van der Waals surface area (Å²) in [5.41, 5.74) is 2.06. The number of aryl methyl sites for hydroxylation is 1. The highest BCUT2D eigenvalue weighted by molar-refractivity contribution is 6.30. The molecular formula is C22H22ClN3O3. The quantitative estimate of drug-likeness (QED) is 0.624. The second-order valence-corrected chi connectivity index (χ2v) is 7.12. The lowest BCUT2D eigenvalue weighted by Crippen LogP contribution is -2.32. The number of carbonyl (C=O) groups excluding carboxylic acids is 1. The summed E-state index contributed by atoms with van der Waals surface area (Å²) in [7, 11) is 1.58. The van der Waals surface area contributed by atoms with Gasteiger partial charge in [-0.2, -0.15) is 0 Å². The molecule has 0 aliphatic heterocycles. The van der Waals surface area contributed by atoms with Crippen LogP contribution >= 0.6 is 11.6 Å². The lowest BCUT2D eigenvalue weighted by Gasteiger charge is -2.20.